The van der Waals surface area contributed by atoms with Crippen LogP contribution < -0.4 is 0 Å². The minimum absolute atomic E-state index is 0.0559. The van der Waals surface area contributed by atoms with Gasteiger partial charge < -0.3 is 63.2 Å². The van der Waals surface area contributed by atoms with Crippen molar-refractivity contribution < 1.29 is 77.5 Å². The first kappa shape index (κ1) is 40.7. The predicted molar refractivity (Wildman–Crippen MR) is 196 cm³/mol. The molecule has 6 aliphatic rings. The highest BCUT2D eigenvalue weighted by Crippen LogP contribution is 2.57. The molecule has 17 nitrogen and oxygen atoms in total. The van der Waals surface area contributed by atoms with E-state index in [1.807, 2.05) is 25.9 Å². The number of ether oxygens (including phenoxy) is 8. The molecule has 2 aliphatic carbocycles. The molecule has 17 heteroatoms. The Morgan fingerprint density at radius 2 is 1.50 bits per heavy atom. The molecule has 14 unspecified atom stereocenters. The number of phenolic OH excluding ortho intramolecular Hbond substituents is 3. The fraction of sp³-hybridized carbons (Fsp3) is 0.610. The van der Waals surface area contributed by atoms with E-state index in [1.54, 1.807) is 13.8 Å². The van der Waals surface area contributed by atoms with Crippen molar-refractivity contribution >= 4 is 23.3 Å². The highest BCUT2D eigenvalue weighted by molar-refractivity contribution is 6.31. The van der Waals surface area contributed by atoms with Gasteiger partial charge in [0.15, 0.2) is 30.4 Å². The number of rotatable bonds is 6. The lowest BCUT2D eigenvalue weighted by Gasteiger charge is -2.51. The Hall–Kier alpha value is -4.04. The number of hydrogen-bond donors (Lipinski definition) is 4. The Labute approximate surface area is 334 Å². The first-order valence-corrected chi connectivity index (χ1v) is 19.5. The molecule has 4 heterocycles. The summed E-state index contributed by atoms with van der Waals surface area (Å²) in [7, 11) is 4.82. The van der Waals surface area contributed by atoms with E-state index in [2.05, 4.69) is 0 Å². The fourth-order valence-corrected chi connectivity index (χ4v) is 9.58. The van der Waals surface area contributed by atoms with Gasteiger partial charge in [0.25, 0.3) is 0 Å². The molecule has 0 radical (unpaired) electrons. The van der Waals surface area contributed by atoms with E-state index in [9.17, 15) is 39.6 Å². The van der Waals surface area contributed by atoms with Crippen LogP contribution in [0.1, 0.15) is 108 Å². The van der Waals surface area contributed by atoms with Gasteiger partial charge in [0.1, 0.15) is 47.6 Å². The van der Waals surface area contributed by atoms with E-state index in [1.165, 1.54) is 25.1 Å². The van der Waals surface area contributed by atoms with Crippen LogP contribution in [0.3, 0.4) is 0 Å². The van der Waals surface area contributed by atoms with Crippen molar-refractivity contribution in [1.82, 2.24) is 4.90 Å². The molecule has 314 valence electrons. The zero-order chi connectivity index (χ0) is 41.7. The van der Waals surface area contributed by atoms with E-state index in [0.717, 1.165) is 7.11 Å². The quantitative estimate of drug-likeness (QED) is 0.207. The van der Waals surface area contributed by atoms with Crippen LogP contribution in [0.25, 0.3) is 0 Å². The Balaban J connectivity index is 1.07. The van der Waals surface area contributed by atoms with E-state index in [0.29, 0.717) is 6.42 Å². The summed E-state index contributed by atoms with van der Waals surface area (Å²) in [6, 6.07) is 3.53. The molecule has 0 saturated carbocycles. The van der Waals surface area contributed by atoms with Crippen LogP contribution in [0.2, 0.25) is 0 Å². The largest absolute Gasteiger partial charge is 0.507 e. The minimum atomic E-state index is -1.96. The normalized spacial score (nSPS) is 38.3. The molecule has 0 spiro atoms. The molecule has 0 aromatic heterocycles. The number of hydrogen-bond acceptors (Lipinski definition) is 17. The summed E-state index contributed by atoms with van der Waals surface area (Å²) in [5.74, 6) is -6.48. The van der Waals surface area contributed by atoms with Crippen LogP contribution >= 0.6 is 0 Å². The molecular weight excluding hydrogens is 762 g/mol. The molecule has 14 atom stereocenters. The molecule has 4 N–H and O–H groups in total. The third-order valence-electron chi connectivity index (χ3n) is 12.4. The van der Waals surface area contributed by atoms with Gasteiger partial charge in [0, 0.05) is 48.4 Å². The van der Waals surface area contributed by atoms with Gasteiger partial charge in [-0.2, -0.15) is 0 Å². The summed E-state index contributed by atoms with van der Waals surface area (Å²) in [5, 5.41) is 46.2. The third-order valence-corrected chi connectivity index (χ3v) is 12.4. The maximum Gasteiger partial charge on any atom is 0.316 e. The second kappa shape index (κ2) is 14.9. The third kappa shape index (κ3) is 6.60. The van der Waals surface area contributed by atoms with Gasteiger partial charge >= 0.3 is 5.97 Å². The first-order chi connectivity index (χ1) is 27.4. The number of carbonyl (C=O) groups excluding carboxylic acids is 4. The van der Waals surface area contributed by atoms with Crippen molar-refractivity contribution in [3.05, 3.63) is 51.6 Å². The molecule has 2 aromatic carbocycles. The van der Waals surface area contributed by atoms with Crippen molar-refractivity contribution in [3.8, 4) is 17.2 Å². The Morgan fingerprint density at radius 1 is 0.828 bits per heavy atom. The lowest BCUT2D eigenvalue weighted by molar-refractivity contribution is -0.371. The van der Waals surface area contributed by atoms with Gasteiger partial charge in [-0.1, -0.05) is 12.1 Å². The van der Waals surface area contributed by atoms with Gasteiger partial charge in [0.2, 0.25) is 5.78 Å². The van der Waals surface area contributed by atoms with Crippen LogP contribution in [-0.2, 0) is 47.5 Å². The predicted octanol–water partition coefficient (Wildman–Crippen LogP) is 2.49. The number of benzene rings is 2. The average Bonchev–Trinajstić information content (AvgIpc) is 3.15. The molecule has 2 aromatic rings. The van der Waals surface area contributed by atoms with E-state index in [4.69, 9.17) is 37.9 Å². The highest BCUT2D eigenvalue weighted by atomic mass is 16.8. The number of Topliss-reactive ketones (excluding diaryl/α,β-unsaturated/α-hetero) is 1. The zero-order valence-corrected chi connectivity index (χ0v) is 33.2. The molecule has 4 aliphatic heterocycles. The SMILES string of the molecule is COC(=O)C1c2c(O)c3c(c(O)c2C(OC2CC(N(C)C)C(OC4CC5OC6CC(=O)C(C)OC6OC5C(C)O4)C(C)O2)CC1(C)O)C(=O)c1c(O)cccc1C3=O. The van der Waals surface area contributed by atoms with Crippen molar-refractivity contribution in [2.24, 2.45) is 0 Å². The van der Waals surface area contributed by atoms with Crippen LogP contribution in [0.5, 0.6) is 17.2 Å². The Bertz CT molecular complexity index is 2030. The lowest BCUT2D eigenvalue weighted by Crippen LogP contribution is -2.62. The zero-order valence-electron chi connectivity index (χ0n) is 33.2. The van der Waals surface area contributed by atoms with Crippen molar-refractivity contribution in [1.29, 1.82) is 0 Å². The van der Waals surface area contributed by atoms with Gasteiger partial charge in [-0.3, -0.25) is 19.2 Å². The summed E-state index contributed by atoms with van der Waals surface area (Å²) in [6.45, 7) is 6.70. The number of methoxy groups -OCH3 is 1. The maximum absolute atomic E-state index is 13.9. The summed E-state index contributed by atoms with van der Waals surface area (Å²) >= 11 is 0. The number of nitrogens with zero attached hydrogens (tertiary/aromatic N) is 1. The molecule has 0 amide bonds. The molecule has 8 rings (SSSR count). The Morgan fingerprint density at radius 3 is 2.21 bits per heavy atom. The topological polar surface area (TPSA) is 226 Å². The van der Waals surface area contributed by atoms with E-state index in [-0.39, 0.29) is 53.3 Å². The number of phenols is 3. The number of ketones is 3. The van der Waals surface area contributed by atoms with Gasteiger partial charge in [0.05, 0.1) is 53.8 Å². The standard InChI is InChI=1S/C41H49NO16/c1-15-21(44)12-23-40(54-15)58-38-17(3)53-26(13-22(38)55-23)57-37-16(2)52-25(11-19(37)42(5)6)56-24-14-41(4,50)32(39(49)51-7)29-28(24)35(47)31-30(36(29)48)33(45)18-9-8-10-20(43)27(18)34(31)46/h8-10,15-17,19,22-26,32,37-38,40,43,47-48,50H,11-14H2,1-7H3. The number of aromatic hydroxyl groups is 3. The molecule has 58 heavy (non-hydrogen) atoms. The smallest absolute Gasteiger partial charge is 0.316 e. The average molecular weight is 812 g/mol. The van der Waals surface area contributed by atoms with Gasteiger partial charge in [-0.25, -0.2) is 0 Å². The van der Waals surface area contributed by atoms with E-state index < -0.39 is 125 Å². The summed E-state index contributed by atoms with van der Waals surface area (Å²) < 4.78 is 49.2. The molecular formula is C41H49NO16. The number of fused-ring (bicyclic) bond motifs is 5. The second-order valence-electron chi connectivity index (χ2n) is 16.6. The maximum atomic E-state index is 13.9. The lowest BCUT2D eigenvalue weighted by atomic mass is 9.68. The highest BCUT2D eigenvalue weighted by Gasteiger charge is 2.55. The van der Waals surface area contributed by atoms with Crippen molar-refractivity contribution in [3.63, 3.8) is 0 Å². The van der Waals surface area contributed by atoms with Gasteiger partial charge in [-0.15, -0.1) is 0 Å². The number of esters is 1. The molecule has 0 bridgehead atoms. The summed E-state index contributed by atoms with van der Waals surface area (Å²) in [6.07, 6.45) is -6.93. The van der Waals surface area contributed by atoms with Gasteiger partial charge in [-0.05, 0) is 47.9 Å². The molecule has 4 saturated heterocycles. The monoisotopic (exact) mass is 811 g/mol. The van der Waals surface area contributed by atoms with Crippen molar-refractivity contribution in [2.45, 2.75) is 139 Å². The fourth-order valence-electron chi connectivity index (χ4n) is 9.58. The van der Waals surface area contributed by atoms with Crippen LogP contribution in [-0.4, -0.2) is 143 Å². The van der Waals surface area contributed by atoms with E-state index >= 15 is 0 Å². The number of aliphatic hydroxyl groups is 1. The number of likely N-dealkylation sites (N-methyl/N-ethyl adjacent to an activating group) is 1. The number of carbonyl (C=O) groups is 4. The Kier molecular flexibility index (Phi) is 10.5. The molecule has 4 fully saturated rings. The van der Waals surface area contributed by atoms with Crippen LogP contribution in [0.4, 0.5) is 0 Å². The summed E-state index contributed by atoms with van der Waals surface area (Å²) in [5.41, 5.74) is -4.20. The summed E-state index contributed by atoms with van der Waals surface area (Å²) in [4.78, 5) is 55.4. The minimum Gasteiger partial charge on any atom is -0.507 e. The van der Waals surface area contributed by atoms with Crippen LogP contribution in [0, 0.1) is 0 Å². The van der Waals surface area contributed by atoms with Crippen LogP contribution in [0.15, 0.2) is 18.2 Å². The van der Waals surface area contributed by atoms with Crippen molar-refractivity contribution in [2.75, 3.05) is 21.2 Å². The first-order valence-electron chi connectivity index (χ1n) is 19.5. The second-order valence-corrected chi connectivity index (χ2v) is 16.6.